The molecule has 0 aliphatic carbocycles. The Morgan fingerprint density at radius 2 is 2.26 bits per heavy atom. The second-order valence-electron chi connectivity index (χ2n) is 4.24. The molecule has 0 spiro atoms. The molecule has 0 bridgehead atoms. The van der Waals surface area contributed by atoms with Gasteiger partial charge in [0.15, 0.2) is 5.78 Å². The predicted molar refractivity (Wildman–Crippen MR) is 73.6 cm³/mol. The predicted octanol–water partition coefficient (Wildman–Crippen LogP) is 1.68. The maximum absolute atomic E-state index is 12.2. The second-order valence-corrected chi connectivity index (χ2v) is 5.14. The SMILES string of the molecule is Cn1cccc1C(=O)Cn1cnc2sccc2c1=O. The Morgan fingerprint density at radius 3 is 3.00 bits per heavy atom. The van der Waals surface area contributed by atoms with Crippen molar-refractivity contribution in [1.82, 2.24) is 14.1 Å². The second kappa shape index (κ2) is 4.47. The number of Topliss-reactive ketones (excluding diaryl/α,β-unsaturated/α-hetero) is 1. The fraction of sp³-hybridized carbons (Fsp3) is 0.154. The molecule has 96 valence electrons. The van der Waals surface area contributed by atoms with E-state index >= 15 is 0 Å². The summed E-state index contributed by atoms with van der Waals surface area (Å²) in [6, 6.07) is 5.28. The van der Waals surface area contributed by atoms with Crippen molar-refractivity contribution >= 4 is 27.3 Å². The molecule has 0 N–H and O–H groups in total. The Hall–Kier alpha value is -2.21. The van der Waals surface area contributed by atoms with E-state index in [9.17, 15) is 9.59 Å². The third-order valence-corrected chi connectivity index (χ3v) is 3.81. The number of carbonyl (C=O) groups is 1. The van der Waals surface area contributed by atoms with Crippen LogP contribution in [-0.2, 0) is 13.6 Å². The molecule has 3 aromatic heterocycles. The van der Waals surface area contributed by atoms with E-state index in [2.05, 4.69) is 4.98 Å². The van der Waals surface area contributed by atoms with Gasteiger partial charge in [-0.3, -0.25) is 14.2 Å². The first kappa shape index (κ1) is 11.9. The summed E-state index contributed by atoms with van der Waals surface area (Å²) < 4.78 is 3.09. The molecule has 3 aromatic rings. The third kappa shape index (κ3) is 2.00. The zero-order valence-corrected chi connectivity index (χ0v) is 11.1. The minimum Gasteiger partial charge on any atom is -0.348 e. The van der Waals surface area contributed by atoms with Crippen molar-refractivity contribution in [3.05, 3.63) is 52.2 Å². The van der Waals surface area contributed by atoms with Crippen LogP contribution >= 0.6 is 11.3 Å². The van der Waals surface area contributed by atoms with E-state index < -0.39 is 0 Å². The molecule has 6 heteroatoms. The Labute approximate surface area is 112 Å². The van der Waals surface area contributed by atoms with Crippen LogP contribution in [0.4, 0.5) is 0 Å². The summed E-state index contributed by atoms with van der Waals surface area (Å²) in [5.74, 6) is -0.106. The first-order valence-corrected chi connectivity index (χ1v) is 6.62. The van der Waals surface area contributed by atoms with Crippen molar-refractivity contribution in [2.24, 2.45) is 7.05 Å². The molecule has 5 nitrogen and oxygen atoms in total. The first-order valence-electron chi connectivity index (χ1n) is 5.74. The maximum Gasteiger partial charge on any atom is 0.262 e. The molecule has 0 unspecified atom stereocenters. The lowest BCUT2D eigenvalue weighted by Crippen LogP contribution is -2.25. The first-order chi connectivity index (χ1) is 9.16. The molecule has 0 aliphatic rings. The summed E-state index contributed by atoms with van der Waals surface area (Å²) >= 11 is 1.42. The maximum atomic E-state index is 12.2. The average molecular weight is 273 g/mol. The molecule has 3 heterocycles. The van der Waals surface area contributed by atoms with Gasteiger partial charge in [-0.15, -0.1) is 11.3 Å². The van der Waals surface area contributed by atoms with Crippen LogP contribution in [-0.4, -0.2) is 19.9 Å². The molecule has 0 aromatic carbocycles. The normalized spacial score (nSPS) is 11.0. The Balaban J connectivity index is 1.98. The summed E-state index contributed by atoms with van der Waals surface area (Å²) in [7, 11) is 1.80. The number of fused-ring (bicyclic) bond motifs is 1. The fourth-order valence-corrected chi connectivity index (χ4v) is 2.72. The number of hydrogen-bond donors (Lipinski definition) is 0. The lowest BCUT2D eigenvalue weighted by atomic mass is 10.3. The smallest absolute Gasteiger partial charge is 0.262 e. The Bertz CT molecular complexity index is 813. The summed E-state index contributed by atoms with van der Waals surface area (Å²) in [4.78, 5) is 29.1. The Kier molecular flexibility index (Phi) is 2.79. The molecular weight excluding hydrogens is 262 g/mol. The number of aromatic nitrogens is 3. The van der Waals surface area contributed by atoms with Gasteiger partial charge in [0.1, 0.15) is 4.83 Å². The lowest BCUT2D eigenvalue weighted by molar-refractivity contribution is 0.0963. The van der Waals surface area contributed by atoms with Gasteiger partial charge in [-0.05, 0) is 23.6 Å². The number of thiophene rings is 1. The van der Waals surface area contributed by atoms with Crippen LogP contribution in [0.3, 0.4) is 0 Å². The van der Waals surface area contributed by atoms with E-state index in [0.29, 0.717) is 15.9 Å². The van der Waals surface area contributed by atoms with Crippen molar-refractivity contribution in [2.45, 2.75) is 6.54 Å². The number of hydrogen-bond acceptors (Lipinski definition) is 4. The van der Waals surface area contributed by atoms with Gasteiger partial charge in [-0.25, -0.2) is 4.98 Å². The standard InChI is InChI=1S/C13H11N3O2S/c1-15-5-2-3-10(15)11(17)7-16-8-14-12-9(13(16)18)4-6-19-12/h2-6,8H,7H2,1H3. The zero-order valence-electron chi connectivity index (χ0n) is 10.2. The zero-order chi connectivity index (χ0) is 13.4. The molecular formula is C13H11N3O2S. The van der Waals surface area contributed by atoms with Gasteiger partial charge in [0.2, 0.25) is 0 Å². The van der Waals surface area contributed by atoms with E-state index in [1.807, 2.05) is 5.38 Å². The van der Waals surface area contributed by atoms with Gasteiger partial charge in [-0.2, -0.15) is 0 Å². The number of aryl methyl sites for hydroxylation is 1. The van der Waals surface area contributed by atoms with E-state index in [0.717, 1.165) is 0 Å². The largest absolute Gasteiger partial charge is 0.348 e. The minimum atomic E-state index is -0.172. The molecule has 3 rings (SSSR count). The Morgan fingerprint density at radius 1 is 1.42 bits per heavy atom. The lowest BCUT2D eigenvalue weighted by Gasteiger charge is -2.05. The number of nitrogens with zero attached hydrogens (tertiary/aromatic N) is 3. The van der Waals surface area contributed by atoms with Crippen molar-refractivity contribution in [3.63, 3.8) is 0 Å². The van der Waals surface area contributed by atoms with Gasteiger partial charge in [0, 0.05) is 13.2 Å². The highest BCUT2D eigenvalue weighted by Crippen LogP contribution is 2.13. The molecule has 0 fully saturated rings. The van der Waals surface area contributed by atoms with Crippen LogP contribution in [0.2, 0.25) is 0 Å². The van der Waals surface area contributed by atoms with Crippen molar-refractivity contribution in [3.8, 4) is 0 Å². The minimum absolute atomic E-state index is 0.00940. The fourth-order valence-electron chi connectivity index (χ4n) is 1.99. The van der Waals surface area contributed by atoms with Gasteiger partial charge >= 0.3 is 0 Å². The molecule has 0 atom stereocenters. The van der Waals surface area contributed by atoms with Gasteiger partial charge in [0.25, 0.3) is 5.56 Å². The number of carbonyl (C=O) groups excluding carboxylic acids is 1. The van der Waals surface area contributed by atoms with Crippen LogP contribution in [0.25, 0.3) is 10.2 Å². The van der Waals surface area contributed by atoms with Crippen LogP contribution < -0.4 is 5.56 Å². The van der Waals surface area contributed by atoms with Crippen molar-refractivity contribution < 1.29 is 4.79 Å². The molecule has 19 heavy (non-hydrogen) atoms. The quantitative estimate of drug-likeness (QED) is 0.682. The van der Waals surface area contributed by atoms with E-state index in [1.54, 1.807) is 36.0 Å². The van der Waals surface area contributed by atoms with Crippen molar-refractivity contribution in [2.75, 3.05) is 0 Å². The van der Waals surface area contributed by atoms with E-state index in [1.165, 1.54) is 22.2 Å². The van der Waals surface area contributed by atoms with E-state index in [4.69, 9.17) is 0 Å². The van der Waals surface area contributed by atoms with Gasteiger partial charge in [0.05, 0.1) is 24.0 Å². The summed E-state index contributed by atoms with van der Waals surface area (Å²) in [5.41, 5.74) is 0.408. The summed E-state index contributed by atoms with van der Waals surface area (Å²) in [5, 5.41) is 2.38. The van der Waals surface area contributed by atoms with Gasteiger partial charge < -0.3 is 4.57 Å². The molecule has 0 radical (unpaired) electrons. The topological polar surface area (TPSA) is 56.9 Å². The highest BCUT2D eigenvalue weighted by molar-refractivity contribution is 7.16. The van der Waals surface area contributed by atoms with Crippen LogP contribution in [0.15, 0.2) is 40.9 Å². The van der Waals surface area contributed by atoms with E-state index in [-0.39, 0.29) is 17.9 Å². The number of rotatable bonds is 3. The third-order valence-electron chi connectivity index (χ3n) is 2.99. The van der Waals surface area contributed by atoms with Gasteiger partial charge in [-0.1, -0.05) is 0 Å². The molecule has 0 saturated heterocycles. The van der Waals surface area contributed by atoms with Crippen LogP contribution in [0.5, 0.6) is 0 Å². The molecule has 0 saturated carbocycles. The molecule has 0 aliphatic heterocycles. The number of ketones is 1. The van der Waals surface area contributed by atoms with Crippen molar-refractivity contribution in [1.29, 1.82) is 0 Å². The summed E-state index contributed by atoms with van der Waals surface area (Å²) in [6.07, 6.45) is 3.23. The summed E-state index contributed by atoms with van der Waals surface area (Å²) in [6.45, 7) is 0.00940. The monoisotopic (exact) mass is 273 g/mol. The average Bonchev–Trinajstić information content (AvgIpc) is 3.01. The van der Waals surface area contributed by atoms with Crippen LogP contribution in [0, 0.1) is 0 Å². The highest BCUT2D eigenvalue weighted by atomic mass is 32.1. The molecule has 0 amide bonds. The van der Waals surface area contributed by atoms with Crippen LogP contribution in [0.1, 0.15) is 10.5 Å². The highest BCUT2D eigenvalue weighted by Gasteiger charge is 2.12.